The summed E-state index contributed by atoms with van der Waals surface area (Å²) in [5, 5.41) is 3.81. The number of para-hydroxylation sites is 1. The van der Waals surface area contributed by atoms with E-state index in [1.54, 1.807) is 0 Å². The van der Waals surface area contributed by atoms with Gasteiger partial charge < -0.3 is 5.32 Å². The van der Waals surface area contributed by atoms with Crippen LogP contribution in [-0.2, 0) is 6.42 Å². The molecular weight excluding hydrogens is 218 g/mol. The van der Waals surface area contributed by atoms with Crippen LogP contribution in [0.4, 0.5) is 5.69 Å². The van der Waals surface area contributed by atoms with E-state index in [1.165, 1.54) is 42.5 Å². The third-order valence-electron chi connectivity index (χ3n) is 4.43. The van der Waals surface area contributed by atoms with Crippen molar-refractivity contribution in [2.75, 3.05) is 5.32 Å². The van der Waals surface area contributed by atoms with E-state index < -0.39 is 0 Å². The predicted octanol–water partition coefficient (Wildman–Crippen LogP) is 4.94. The van der Waals surface area contributed by atoms with Crippen LogP contribution in [0.1, 0.15) is 57.6 Å². The van der Waals surface area contributed by atoms with E-state index in [0.717, 1.165) is 6.42 Å². The minimum Gasteiger partial charge on any atom is -0.382 e. The molecule has 0 saturated heterocycles. The molecule has 0 aliphatic heterocycles. The van der Waals surface area contributed by atoms with Gasteiger partial charge in [-0.25, -0.2) is 0 Å². The molecule has 0 heterocycles. The topological polar surface area (TPSA) is 12.0 Å². The molecule has 0 aromatic heterocycles. The van der Waals surface area contributed by atoms with Crippen LogP contribution in [0.25, 0.3) is 0 Å². The minimum absolute atomic E-state index is 0.553. The first-order valence-electron chi connectivity index (χ1n) is 7.37. The molecule has 1 nitrogen and oxygen atoms in total. The standard InChI is InChI=1S/C17H27N/c1-5-14-8-6-7-13(2)16(14)18-15-9-11-17(3,4)12-10-15/h6-8,15,18H,5,9-12H2,1-4H3. The number of anilines is 1. The Morgan fingerprint density at radius 2 is 1.89 bits per heavy atom. The van der Waals surface area contributed by atoms with E-state index in [2.05, 4.69) is 51.2 Å². The summed E-state index contributed by atoms with van der Waals surface area (Å²) in [6.07, 6.45) is 6.42. The molecule has 1 aliphatic carbocycles. The van der Waals surface area contributed by atoms with Crippen molar-refractivity contribution in [3.05, 3.63) is 29.3 Å². The lowest BCUT2D eigenvalue weighted by atomic mass is 9.75. The van der Waals surface area contributed by atoms with Crippen molar-refractivity contribution in [3.63, 3.8) is 0 Å². The SMILES string of the molecule is CCc1cccc(C)c1NC1CCC(C)(C)CC1. The van der Waals surface area contributed by atoms with Crippen LogP contribution < -0.4 is 5.32 Å². The molecule has 1 fully saturated rings. The monoisotopic (exact) mass is 245 g/mol. The lowest BCUT2D eigenvalue weighted by Gasteiger charge is -2.35. The third kappa shape index (κ3) is 3.07. The number of benzene rings is 1. The Balaban J connectivity index is 2.06. The molecule has 18 heavy (non-hydrogen) atoms. The summed E-state index contributed by atoms with van der Waals surface area (Å²) >= 11 is 0. The van der Waals surface area contributed by atoms with Crippen molar-refractivity contribution in [2.45, 2.75) is 65.8 Å². The molecule has 1 aromatic rings. The maximum absolute atomic E-state index is 3.81. The molecule has 0 unspecified atom stereocenters. The molecule has 100 valence electrons. The molecule has 1 aliphatic rings. The van der Waals surface area contributed by atoms with Gasteiger partial charge in [0.25, 0.3) is 0 Å². The third-order valence-corrected chi connectivity index (χ3v) is 4.43. The second-order valence-electron chi connectivity index (χ2n) is 6.55. The summed E-state index contributed by atoms with van der Waals surface area (Å²) in [6, 6.07) is 7.31. The molecule has 0 atom stereocenters. The highest BCUT2D eigenvalue weighted by Gasteiger charge is 2.27. The first-order chi connectivity index (χ1) is 8.52. The quantitative estimate of drug-likeness (QED) is 0.795. The first-order valence-corrected chi connectivity index (χ1v) is 7.37. The van der Waals surface area contributed by atoms with Gasteiger partial charge in [-0.05, 0) is 55.6 Å². The van der Waals surface area contributed by atoms with Crippen molar-refractivity contribution < 1.29 is 0 Å². The van der Waals surface area contributed by atoms with Gasteiger partial charge in [0, 0.05) is 11.7 Å². The van der Waals surface area contributed by atoms with Crippen LogP contribution in [0.5, 0.6) is 0 Å². The number of hydrogen-bond donors (Lipinski definition) is 1. The molecule has 1 aromatic carbocycles. The van der Waals surface area contributed by atoms with Gasteiger partial charge in [0.2, 0.25) is 0 Å². The fourth-order valence-electron chi connectivity index (χ4n) is 2.98. The largest absolute Gasteiger partial charge is 0.382 e. The Bertz CT molecular complexity index is 396. The van der Waals surface area contributed by atoms with Crippen LogP contribution in [0.15, 0.2) is 18.2 Å². The van der Waals surface area contributed by atoms with Crippen LogP contribution in [0.3, 0.4) is 0 Å². The minimum atomic E-state index is 0.553. The zero-order chi connectivity index (χ0) is 13.2. The smallest absolute Gasteiger partial charge is 0.0404 e. The maximum atomic E-state index is 3.81. The Hall–Kier alpha value is -0.980. The van der Waals surface area contributed by atoms with E-state index in [4.69, 9.17) is 0 Å². The van der Waals surface area contributed by atoms with Gasteiger partial charge >= 0.3 is 0 Å². The average molecular weight is 245 g/mol. The molecule has 0 spiro atoms. The lowest BCUT2D eigenvalue weighted by Crippen LogP contribution is -2.30. The summed E-state index contributed by atoms with van der Waals surface area (Å²) in [5.41, 5.74) is 4.79. The van der Waals surface area contributed by atoms with Gasteiger partial charge in [-0.15, -0.1) is 0 Å². The van der Waals surface area contributed by atoms with Crippen LogP contribution in [0.2, 0.25) is 0 Å². The highest BCUT2D eigenvalue weighted by molar-refractivity contribution is 5.57. The van der Waals surface area contributed by atoms with Gasteiger partial charge in [-0.3, -0.25) is 0 Å². The van der Waals surface area contributed by atoms with E-state index >= 15 is 0 Å². The first kappa shape index (κ1) is 13.5. The summed E-state index contributed by atoms with van der Waals surface area (Å²) < 4.78 is 0. The maximum Gasteiger partial charge on any atom is 0.0404 e. The number of nitrogens with one attached hydrogen (secondary N) is 1. The molecule has 0 bridgehead atoms. The molecule has 1 N–H and O–H groups in total. The Morgan fingerprint density at radius 1 is 1.22 bits per heavy atom. The highest BCUT2D eigenvalue weighted by atomic mass is 14.9. The molecule has 1 heteroatoms. The number of aryl methyl sites for hydroxylation is 2. The molecular formula is C17H27N. The van der Waals surface area contributed by atoms with Crippen molar-refractivity contribution in [1.29, 1.82) is 0 Å². The van der Waals surface area contributed by atoms with Crippen molar-refractivity contribution in [1.82, 2.24) is 0 Å². The second-order valence-corrected chi connectivity index (χ2v) is 6.55. The molecule has 0 amide bonds. The molecule has 2 rings (SSSR count). The number of hydrogen-bond acceptors (Lipinski definition) is 1. The van der Waals surface area contributed by atoms with Crippen LogP contribution in [-0.4, -0.2) is 6.04 Å². The van der Waals surface area contributed by atoms with Crippen LogP contribution >= 0.6 is 0 Å². The van der Waals surface area contributed by atoms with Crippen molar-refractivity contribution in [2.24, 2.45) is 5.41 Å². The normalized spacial score (nSPS) is 19.8. The van der Waals surface area contributed by atoms with Gasteiger partial charge in [0.1, 0.15) is 0 Å². The van der Waals surface area contributed by atoms with E-state index in [9.17, 15) is 0 Å². The summed E-state index contributed by atoms with van der Waals surface area (Å²) in [5.74, 6) is 0. The summed E-state index contributed by atoms with van der Waals surface area (Å²) in [7, 11) is 0. The van der Waals surface area contributed by atoms with E-state index in [-0.39, 0.29) is 0 Å². The van der Waals surface area contributed by atoms with Gasteiger partial charge in [-0.1, -0.05) is 39.0 Å². The van der Waals surface area contributed by atoms with Gasteiger partial charge in [0.05, 0.1) is 0 Å². The van der Waals surface area contributed by atoms with Gasteiger partial charge in [-0.2, -0.15) is 0 Å². The molecule has 1 saturated carbocycles. The van der Waals surface area contributed by atoms with Crippen LogP contribution in [0, 0.1) is 12.3 Å². The fraction of sp³-hybridized carbons (Fsp3) is 0.647. The zero-order valence-corrected chi connectivity index (χ0v) is 12.3. The number of rotatable bonds is 3. The lowest BCUT2D eigenvalue weighted by molar-refractivity contribution is 0.232. The van der Waals surface area contributed by atoms with Crippen molar-refractivity contribution in [3.8, 4) is 0 Å². The van der Waals surface area contributed by atoms with E-state index in [0.29, 0.717) is 11.5 Å². The Morgan fingerprint density at radius 3 is 2.50 bits per heavy atom. The van der Waals surface area contributed by atoms with Crippen molar-refractivity contribution >= 4 is 5.69 Å². The fourth-order valence-corrected chi connectivity index (χ4v) is 2.98. The second kappa shape index (κ2) is 5.34. The molecule has 0 radical (unpaired) electrons. The predicted molar refractivity (Wildman–Crippen MR) is 80.2 cm³/mol. The summed E-state index contributed by atoms with van der Waals surface area (Å²) in [6.45, 7) is 9.25. The van der Waals surface area contributed by atoms with Gasteiger partial charge in [0.15, 0.2) is 0 Å². The highest BCUT2D eigenvalue weighted by Crippen LogP contribution is 2.36. The summed E-state index contributed by atoms with van der Waals surface area (Å²) in [4.78, 5) is 0. The average Bonchev–Trinajstić information content (AvgIpc) is 2.34. The Labute approximate surface area is 112 Å². The Kier molecular flexibility index (Phi) is 3.99. The zero-order valence-electron chi connectivity index (χ0n) is 12.3. The van der Waals surface area contributed by atoms with E-state index in [1.807, 2.05) is 0 Å².